The van der Waals surface area contributed by atoms with E-state index in [0.717, 1.165) is 84.2 Å². The Bertz CT molecular complexity index is 437. The average molecular weight is 496 g/mol. The number of likely N-dealkylation sites (tertiary alicyclic amines) is 1. The molecule has 2 rings (SSSR count). The van der Waals surface area contributed by atoms with Crippen molar-refractivity contribution in [3.63, 3.8) is 0 Å². The molecule has 27 heavy (non-hydrogen) atoms. The number of guanidine groups is 1. The molecule has 158 valence electrons. The van der Waals surface area contributed by atoms with Crippen LogP contribution in [0.3, 0.4) is 0 Å². The number of nitrogens with zero attached hydrogens (tertiary/aromatic N) is 2. The van der Waals surface area contributed by atoms with Crippen molar-refractivity contribution in [3.8, 4) is 0 Å². The molecule has 8 heteroatoms. The molecule has 0 aliphatic carbocycles. The van der Waals surface area contributed by atoms with Crippen LogP contribution in [0.4, 0.5) is 0 Å². The summed E-state index contributed by atoms with van der Waals surface area (Å²) in [7, 11) is 1.71. The normalized spacial score (nSPS) is 21.0. The molecule has 7 nitrogen and oxygen atoms in total. The monoisotopic (exact) mass is 496 g/mol. The first kappa shape index (κ1) is 24.4. The van der Waals surface area contributed by atoms with Crippen LogP contribution in [0.2, 0.25) is 0 Å². The lowest BCUT2D eigenvalue weighted by Crippen LogP contribution is -2.46. The second-order valence-corrected chi connectivity index (χ2v) is 7.20. The van der Waals surface area contributed by atoms with Gasteiger partial charge in [0.05, 0.1) is 13.2 Å². The summed E-state index contributed by atoms with van der Waals surface area (Å²) in [6.07, 6.45) is 4.80. The van der Waals surface area contributed by atoms with E-state index in [0.29, 0.717) is 18.3 Å². The zero-order valence-electron chi connectivity index (χ0n) is 16.9. The minimum absolute atomic E-state index is 0. The number of hydrogen-bond donors (Lipinski definition) is 2. The van der Waals surface area contributed by atoms with E-state index in [-0.39, 0.29) is 29.9 Å². The molecule has 0 aromatic heterocycles. The zero-order valence-corrected chi connectivity index (χ0v) is 19.2. The van der Waals surface area contributed by atoms with Crippen molar-refractivity contribution >= 4 is 35.8 Å². The Hall–Kier alpha value is -0.610. The Morgan fingerprint density at radius 2 is 2.04 bits per heavy atom. The fourth-order valence-electron chi connectivity index (χ4n) is 3.46. The lowest BCUT2D eigenvalue weighted by atomic mass is 9.93. The SMILES string of the molecule is CCNC(=NCCCOCC1CCOC1)N1CCC(CC(=O)NC)CC1.I. The largest absolute Gasteiger partial charge is 0.381 e. The molecular formula is C19H37IN4O3. The van der Waals surface area contributed by atoms with Crippen LogP contribution >= 0.6 is 24.0 Å². The summed E-state index contributed by atoms with van der Waals surface area (Å²) < 4.78 is 11.1. The van der Waals surface area contributed by atoms with E-state index >= 15 is 0 Å². The number of hydrogen-bond acceptors (Lipinski definition) is 4. The number of halogens is 1. The van der Waals surface area contributed by atoms with Gasteiger partial charge in [0.25, 0.3) is 0 Å². The first-order valence-corrected chi connectivity index (χ1v) is 10.1. The minimum atomic E-state index is 0. The number of piperidine rings is 1. The average Bonchev–Trinajstić information content (AvgIpc) is 3.17. The molecule has 1 amide bonds. The number of nitrogens with one attached hydrogen (secondary N) is 2. The van der Waals surface area contributed by atoms with E-state index in [1.165, 1.54) is 0 Å². The molecule has 1 unspecified atom stereocenters. The first-order valence-electron chi connectivity index (χ1n) is 10.1. The van der Waals surface area contributed by atoms with Gasteiger partial charge in [0.1, 0.15) is 0 Å². The molecule has 2 saturated heterocycles. The highest BCUT2D eigenvalue weighted by molar-refractivity contribution is 14.0. The molecule has 0 bridgehead atoms. The van der Waals surface area contributed by atoms with Gasteiger partial charge in [-0.25, -0.2) is 0 Å². The predicted molar refractivity (Wildman–Crippen MR) is 119 cm³/mol. The maximum Gasteiger partial charge on any atom is 0.220 e. The number of carbonyl (C=O) groups is 1. The minimum Gasteiger partial charge on any atom is -0.381 e. The zero-order chi connectivity index (χ0) is 18.6. The molecular weight excluding hydrogens is 459 g/mol. The van der Waals surface area contributed by atoms with E-state index in [2.05, 4.69) is 22.5 Å². The van der Waals surface area contributed by atoms with Crippen molar-refractivity contribution in [1.82, 2.24) is 15.5 Å². The van der Waals surface area contributed by atoms with Gasteiger partial charge in [-0.3, -0.25) is 9.79 Å². The Labute approximate surface area is 181 Å². The Morgan fingerprint density at radius 3 is 2.67 bits per heavy atom. The van der Waals surface area contributed by atoms with Gasteiger partial charge in [-0.05, 0) is 38.5 Å². The highest BCUT2D eigenvalue weighted by Gasteiger charge is 2.23. The van der Waals surface area contributed by atoms with E-state index in [1.807, 2.05) is 0 Å². The summed E-state index contributed by atoms with van der Waals surface area (Å²) in [4.78, 5) is 18.6. The van der Waals surface area contributed by atoms with Crippen LogP contribution in [0.25, 0.3) is 0 Å². The fourth-order valence-corrected chi connectivity index (χ4v) is 3.46. The number of aliphatic imine (C=N–C) groups is 1. The lowest BCUT2D eigenvalue weighted by Gasteiger charge is -2.34. The van der Waals surface area contributed by atoms with Crippen LogP contribution in [-0.2, 0) is 14.3 Å². The Balaban J connectivity index is 0.00000364. The van der Waals surface area contributed by atoms with Crippen molar-refractivity contribution in [2.24, 2.45) is 16.8 Å². The molecule has 0 aromatic carbocycles. The first-order chi connectivity index (χ1) is 12.7. The third-order valence-electron chi connectivity index (χ3n) is 5.09. The highest BCUT2D eigenvalue weighted by Crippen LogP contribution is 2.20. The van der Waals surface area contributed by atoms with Gasteiger partial charge in [0.15, 0.2) is 5.96 Å². The predicted octanol–water partition coefficient (Wildman–Crippen LogP) is 1.86. The highest BCUT2D eigenvalue weighted by atomic mass is 127. The molecule has 0 spiro atoms. The third kappa shape index (κ3) is 9.43. The van der Waals surface area contributed by atoms with Crippen LogP contribution in [-0.4, -0.2) is 76.4 Å². The molecule has 0 saturated carbocycles. The topological polar surface area (TPSA) is 75.2 Å². The molecule has 2 aliphatic heterocycles. The number of rotatable bonds is 9. The molecule has 1 atom stereocenters. The number of ether oxygens (including phenoxy) is 2. The molecule has 2 heterocycles. The second-order valence-electron chi connectivity index (χ2n) is 7.20. The van der Waals surface area contributed by atoms with Gasteiger partial charge >= 0.3 is 0 Å². The van der Waals surface area contributed by atoms with Crippen molar-refractivity contribution in [3.05, 3.63) is 0 Å². The fraction of sp³-hybridized carbons (Fsp3) is 0.895. The van der Waals surface area contributed by atoms with E-state index in [1.54, 1.807) is 7.05 Å². The summed E-state index contributed by atoms with van der Waals surface area (Å²) in [5, 5.41) is 6.12. The maximum atomic E-state index is 11.5. The third-order valence-corrected chi connectivity index (χ3v) is 5.09. The van der Waals surface area contributed by atoms with Crippen LogP contribution in [0.5, 0.6) is 0 Å². The van der Waals surface area contributed by atoms with Gasteiger partial charge in [-0.1, -0.05) is 0 Å². The summed E-state index contributed by atoms with van der Waals surface area (Å²) in [5.74, 6) is 2.21. The van der Waals surface area contributed by atoms with Gasteiger partial charge in [-0.2, -0.15) is 0 Å². The summed E-state index contributed by atoms with van der Waals surface area (Å²) in [5.41, 5.74) is 0. The van der Waals surface area contributed by atoms with Crippen molar-refractivity contribution < 1.29 is 14.3 Å². The van der Waals surface area contributed by atoms with Crippen molar-refractivity contribution in [1.29, 1.82) is 0 Å². The van der Waals surface area contributed by atoms with E-state index in [4.69, 9.17) is 14.5 Å². The summed E-state index contributed by atoms with van der Waals surface area (Å²) in [6.45, 7) is 8.97. The van der Waals surface area contributed by atoms with E-state index < -0.39 is 0 Å². The van der Waals surface area contributed by atoms with Crippen LogP contribution < -0.4 is 10.6 Å². The van der Waals surface area contributed by atoms with Gasteiger partial charge in [0, 0.05) is 58.8 Å². The molecule has 0 radical (unpaired) electrons. The summed E-state index contributed by atoms with van der Waals surface area (Å²) in [6, 6.07) is 0. The van der Waals surface area contributed by atoms with Gasteiger partial charge in [0.2, 0.25) is 5.91 Å². The maximum absolute atomic E-state index is 11.5. The van der Waals surface area contributed by atoms with E-state index in [9.17, 15) is 4.79 Å². The van der Waals surface area contributed by atoms with Crippen molar-refractivity contribution in [2.75, 3.05) is 59.7 Å². The number of amides is 1. The Morgan fingerprint density at radius 1 is 1.26 bits per heavy atom. The standard InChI is InChI=1S/C19H36N4O3.HI/c1-3-21-19(22-8-4-11-25-14-17-7-12-26-15-17)23-9-5-16(6-10-23)13-18(24)20-2;/h16-17H,3-15H2,1-2H3,(H,20,24)(H,21,22);1H. The molecule has 0 aromatic rings. The second kappa shape index (κ2) is 14.4. The molecule has 2 aliphatic rings. The van der Waals surface area contributed by atoms with Crippen molar-refractivity contribution in [2.45, 2.75) is 39.0 Å². The van der Waals surface area contributed by atoms with Gasteiger partial charge < -0.3 is 25.0 Å². The van der Waals surface area contributed by atoms with Crippen LogP contribution in [0, 0.1) is 11.8 Å². The smallest absolute Gasteiger partial charge is 0.220 e. The molecule has 2 fully saturated rings. The van der Waals surface area contributed by atoms with Gasteiger partial charge in [-0.15, -0.1) is 24.0 Å². The number of carbonyl (C=O) groups excluding carboxylic acids is 1. The Kier molecular flexibility index (Phi) is 13.0. The van der Waals surface area contributed by atoms with Crippen LogP contribution in [0.15, 0.2) is 4.99 Å². The quantitative estimate of drug-likeness (QED) is 0.221. The van der Waals surface area contributed by atoms with Crippen LogP contribution in [0.1, 0.15) is 39.0 Å². The molecule has 2 N–H and O–H groups in total. The summed E-state index contributed by atoms with van der Waals surface area (Å²) >= 11 is 0. The lowest BCUT2D eigenvalue weighted by molar-refractivity contribution is -0.121.